The topological polar surface area (TPSA) is 53.9 Å². The van der Waals surface area contributed by atoms with Crippen LogP contribution in [0.15, 0.2) is 23.2 Å². The van der Waals surface area contributed by atoms with Gasteiger partial charge in [-0.05, 0) is 23.6 Å². The van der Waals surface area contributed by atoms with E-state index < -0.39 is 17.6 Å². The highest BCUT2D eigenvalue weighted by Gasteiger charge is 2.37. The van der Waals surface area contributed by atoms with Crippen LogP contribution >= 0.6 is 0 Å². The zero-order chi connectivity index (χ0) is 19.5. The Kier molecular flexibility index (Phi) is 6.09. The maximum Gasteiger partial charge on any atom is 0.416 e. The molecule has 2 rings (SSSR count). The van der Waals surface area contributed by atoms with Crippen LogP contribution in [0.4, 0.5) is 17.6 Å². The number of likely N-dealkylation sites (tertiary alicyclic amines) is 1. The summed E-state index contributed by atoms with van der Waals surface area (Å²) in [4.78, 5) is 17.6. The maximum atomic E-state index is 13.2. The Morgan fingerprint density at radius 3 is 2.65 bits per heavy atom. The number of ether oxygens (including phenoxy) is 1. The van der Waals surface area contributed by atoms with Gasteiger partial charge in [-0.3, -0.25) is 9.79 Å². The Morgan fingerprint density at radius 2 is 2.08 bits per heavy atom. The number of alkyl halides is 3. The van der Waals surface area contributed by atoms with Crippen molar-refractivity contribution in [2.24, 2.45) is 16.8 Å². The standard InChI is InChI=1S/C17H21F4N3O2/c1-10-8-24(9-13(10)15(25)26-3)16(22-2)23-7-11-4-5-12(18)6-14(11)17(19,20)21/h4-6,10,13H,7-9H2,1-3H3,(H,22,23). The van der Waals surface area contributed by atoms with Gasteiger partial charge in [0.05, 0.1) is 18.6 Å². The normalized spacial score (nSPS) is 21.0. The molecule has 1 aromatic rings. The van der Waals surface area contributed by atoms with E-state index in [0.29, 0.717) is 25.1 Å². The van der Waals surface area contributed by atoms with Gasteiger partial charge in [-0.15, -0.1) is 0 Å². The van der Waals surface area contributed by atoms with Gasteiger partial charge >= 0.3 is 12.1 Å². The highest BCUT2D eigenvalue weighted by Crippen LogP contribution is 2.32. The van der Waals surface area contributed by atoms with Gasteiger partial charge in [-0.2, -0.15) is 13.2 Å². The van der Waals surface area contributed by atoms with Crippen molar-refractivity contribution in [3.63, 3.8) is 0 Å². The zero-order valence-electron chi connectivity index (χ0n) is 14.7. The van der Waals surface area contributed by atoms with Crippen LogP contribution in [0.3, 0.4) is 0 Å². The summed E-state index contributed by atoms with van der Waals surface area (Å²) in [6, 6.07) is 2.56. The first-order valence-corrected chi connectivity index (χ1v) is 8.06. The van der Waals surface area contributed by atoms with Gasteiger partial charge in [0.15, 0.2) is 5.96 Å². The molecule has 2 unspecified atom stereocenters. The lowest BCUT2D eigenvalue weighted by Crippen LogP contribution is -2.40. The average molecular weight is 375 g/mol. The van der Waals surface area contributed by atoms with Gasteiger partial charge in [-0.25, -0.2) is 4.39 Å². The summed E-state index contributed by atoms with van der Waals surface area (Å²) in [7, 11) is 2.83. The summed E-state index contributed by atoms with van der Waals surface area (Å²) in [6.07, 6.45) is -4.65. The fourth-order valence-corrected chi connectivity index (χ4v) is 3.07. The largest absolute Gasteiger partial charge is 0.469 e. The lowest BCUT2D eigenvalue weighted by Gasteiger charge is -2.22. The van der Waals surface area contributed by atoms with E-state index in [1.165, 1.54) is 14.2 Å². The van der Waals surface area contributed by atoms with Crippen LogP contribution < -0.4 is 5.32 Å². The molecule has 0 spiro atoms. The Hall–Kier alpha value is -2.32. The molecule has 1 N–H and O–H groups in total. The molecule has 144 valence electrons. The number of carbonyl (C=O) groups is 1. The van der Waals surface area contributed by atoms with Crippen LogP contribution in [0.1, 0.15) is 18.1 Å². The molecule has 9 heteroatoms. The highest BCUT2D eigenvalue weighted by molar-refractivity contribution is 5.82. The first-order valence-electron chi connectivity index (χ1n) is 8.06. The number of esters is 1. The molecule has 0 bridgehead atoms. The Labute approximate surface area is 149 Å². The van der Waals surface area contributed by atoms with Gasteiger partial charge < -0.3 is 15.0 Å². The molecular weight excluding hydrogens is 354 g/mol. The number of hydrogen-bond acceptors (Lipinski definition) is 3. The number of benzene rings is 1. The fraction of sp³-hybridized carbons (Fsp3) is 0.529. The van der Waals surface area contributed by atoms with Crippen LogP contribution in [0, 0.1) is 17.7 Å². The minimum atomic E-state index is -4.65. The molecule has 0 radical (unpaired) electrons. The average Bonchev–Trinajstić information content (AvgIpc) is 2.96. The molecular formula is C17H21F4N3O2. The number of nitrogens with one attached hydrogen (secondary N) is 1. The number of rotatable bonds is 3. The molecule has 1 aromatic carbocycles. The third-order valence-electron chi connectivity index (χ3n) is 4.44. The van der Waals surface area contributed by atoms with Gasteiger partial charge in [0.1, 0.15) is 5.82 Å². The zero-order valence-corrected chi connectivity index (χ0v) is 14.7. The van der Waals surface area contributed by atoms with Gasteiger partial charge in [0.2, 0.25) is 0 Å². The molecule has 2 atom stereocenters. The number of guanidine groups is 1. The first-order chi connectivity index (χ1) is 12.2. The molecule has 0 saturated carbocycles. The smallest absolute Gasteiger partial charge is 0.416 e. The fourth-order valence-electron chi connectivity index (χ4n) is 3.07. The maximum absolute atomic E-state index is 13.2. The number of methoxy groups -OCH3 is 1. The quantitative estimate of drug-likeness (QED) is 0.382. The van der Waals surface area contributed by atoms with Crippen LogP contribution in [-0.4, -0.2) is 44.1 Å². The molecule has 5 nitrogen and oxygen atoms in total. The lowest BCUT2D eigenvalue weighted by atomic mass is 9.99. The molecule has 1 fully saturated rings. The molecule has 0 amide bonds. The minimum absolute atomic E-state index is 0.0255. The van der Waals surface area contributed by atoms with Crippen molar-refractivity contribution in [2.75, 3.05) is 27.2 Å². The van der Waals surface area contributed by atoms with E-state index in [9.17, 15) is 22.4 Å². The summed E-state index contributed by atoms with van der Waals surface area (Å²) in [6.45, 7) is 2.62. The van der Waals surface area contributed by atoms with Crippen molar-refractivity contribution < 1.29 is 27.1 Å². The lowest BCUT2D eigenvalue weighted by molar-refractivity contribution is -0.146. The molecule has 0 aliphatic carbocycles. The first kappa shape index (κ1) is 20.0. The molecule has 1 aliphatic heterocycles. The van der Waals surface area contributed by atoms with E-state index in [1.807, 2.05) is 6.92 Å². The van der Waals surface area contributed by atoms with Crippen molar-refractivity contribution in [1.82, 2.24) is 10.2 Å². The Bertz CT molecular complexity index is 691. The third-order valence-corrected chi connectivity index (χ3v) is 4.44. The second-order valence-corrected chi connectivity index (χ2v) is 6.21. The summed E-state index contributed by atoms with van der Waals surface area (Å²) >= 11 is 0. The van der Waals surface area contributed by atoms with E-state index in [0.717, 1.165) is 12.1 Å². The van der Waals surface area contributed by atoms with E-state index in [4.69, 9.17) is 4.74 Å². The van der Waals surface area contributed by atoms with Crippen LogP contribution in [0.2, 0.25) is 0 Å². The van der Waals surface area contributed by atoms with Crippen molar-refractivity contribution in [1.29, 1.82) is 0 Å². The second kappa shape index (κ2) is 7.92. The van der Waals surface area contributed by atoms with E-state index >= 15 is 0 Å². The minimum Gasteiger partial charge on any atom is -0.469 e. The van der Waals surface area contributed by atoms with Gasteiger partial charge in [0, 0.05) is 26.7 Å². The summed E-state index contributed by atoms with van der Waals surface area (Å²) < 4.78 is 57.2. The summed E-state index contributed by atoms with van der Waals surface area (Å²) in [5, 5.41) is 2.86. The van der Waals surface area contributed by atoms with Crippen molar-refractivity contribution in [3.05, 3.63) is 35.1 Å². The predicted octanol–water partition coefficient (Wildman–Crippen LogP) is 2.66. The summed E-state index contributed by atoms with van der Waals surface area (Å²) in [5.74, 6) is -1.19. The van der Waals surface area contributed by atoms with E-state index in [-0.39, 0.29) is 29.9 Å². The van der Waals surface area contributed by atoms with Crippen LogP contribution in [-0.2, 0) is 22.3 Å². The van der Waals surface area contributed by atoms with Crippen molar-refractivity contribution >= 4 is 11.9 Å². The Balaban J connectivity index is 2.10. The number of nitrogens with zero attached hydrogens (tertiary/aromatic N) is 2. The summed E-state index contributed by atoms with van der Waals surface area (Å²) in [5.41, 5.74) is -1.11. The van der Waals surface area contributed by atoms with Gasteiger partial charge in [-0.1, -0.05) is 13.0 Å². The molecule has 26 heavy (non-hydrogen) atoms. The number of halogens is 4. The molecule has 1 heterocycles. The number of aliphatic imine (C=N–C) groups is 1. The van der Waals surface area contributed by atoms with Crippen LogP contribution in [0.25, 0.3) is 0 Å². The van der Waals surface area contributed by atoms with E-state index in [1.54, 1.807) is 4.90 Å². The Morgan fingerprint density at radius 1 is 1.38 bits per heavy atom. The third kappa shape index (κ3) is 4.44. The number of hydrogen-bond donors (Lipinski definition) is 1. The predicted molar refractivity (Wildman–Crippen MR) is 87.8 cm³/mol. The monoisotopic (exact) mass is 375 g/mol. The highest BCUT2D eigenvalue weighted by atomic mass is 19.4. The molecule has 1 saturated heterocycles. The molecule has 1 aliphatic rings. The molecule has 0 aromatic heterocycles. The SMILES string of the molecule is CN=C(NCc1ccc(F)cc1C(F)(F)F)N1CC(C)C(C(=O)OC)C1. The van der Waals surface area contributed by atoms with Crippen molar-refractivity contribution in [3.8, 4) is 0 Å². The van der Waals surface area contributed by atoms with Crippen molar-refractivity contribution in [2.45, 2.75) is 19.6 Å². The van der Waals surface area contributed by atoms with Gasteiger partial charge in [0.25, 0.3) is 0 Å². The second-order valence-electron chi connectivity index (χ2n) is 6.21. The van der Waals surface area contributed by atoms with Crippen LogP contribution in [0.5, 0.6) is 0 Å². The van der Waals surface area contributed by atoms with E-state index in [2.05, 4.69) is 10.3 Å². The number of carbonyl (C=O) groups excluding carboxylic acids is 1.